The smallest absolute Gasteiger partial charge is 0.125 e. The molecular weight excluding hydrogens is 219 g/mol. The summed E-state index contributed by atoms with van der Waals surface area (Å²) in [6, 6.07) is 5.83. The van der Waals surface area contributed by atoms with Gasteiger partial charge >= 0.3 is 0 Å². The normalized spacial score (nSPS) is 22.0. The minimum Gasteiger partial charge on any atom is -0.242 e. The lowest BCUT2D eigenvalue weighted by atomic mass is 9.90. The first-order valence-electron chi connectivity index (χ1n) is 4.20. The van der Waals surface area contributed by atoms with Crippen molar-refractivity contribution in [1.82, 2.24) is 0 Å². The maximum atomic E-state index is 13.3. The van der Waals surface area contributed by atoms with Crippen LogP contribution in [0.1, 0.15) is 30.1 Å². The van der Waals surface area contributed by atoms with Crippen molar-refractivity contribution in [2.75, 3.05) is 0 Å². The summed E-state index contributed by atoms with van der Waals surface area (Å²) in [5, 5.41) is 0. The predicted octanol–water partition coefficient (Wildman–Crippen LogP) is 3.80. The summed E-state index contributed by atoms with van der Waals surface area (Å²) < 4.78 is 14.3. The van der Waals surface area contributed by atoms with Crippen molar-refractivity contribution in [1.29, 1.82) is 0 Å². The molecule has 64 valence electrons. The van der Waals surface area contributed by atoms with E-state index in [-0.39, 0.29) is 0 Å². The quantitative estimate of drug-likeness (QED) is 0.634. The van der Waals surface area contributed by atoms with Crippen LogP contribution < -0.4 is 0 Å². The van der Waals surface area contributed by atoms with E-state index in [4.69, 9.17) is 0 Å². The first-order chi connectivity index (χ1) is 5.77. The average Bonchev–Trinajstić information content (AvgIpc) is 2.04. The molecule has 0 aliphatic heterocycles. The fourth-order valence-corrected chi connectivity index (χ4v) is 2.13. The van der Waals surface area contributed by atoms with Crippen molar-refractivity contribution in [3.05, 3.63) is 33.8 Å². The van der Waals surface area contributed by atoms with Gasteiger partial charge in [0.1, 0.15) is 6.17 Å². The summed E-state index contributed by atoms with van der Waals surface area (Å²) in [7, 11) is 0. The van der Waals surface area contributed by atoms with E-state index < -0.39 is 6.17 Å². The molecule has 0 saturated carbocycles. The zero-order chi connectivity index (χ0) is 8.55. The summed E-state index contributed by atoms with van der Waals surface area (Å²) in [6.07, 6.45) is 1.95. The number of rotatable bonds is 0. The van der Waals surface area contributed by atoms with Crippen LogP contribution >= 0.6 is 15.9 Å². The summed E-state index contributed by atoms with van der Waals surface area (Å²) in [4.78, 5) is 0. The Morgan fingerprint density at radius 2 is 2.25 bits per heavy atom. The van der Waals surface area contributed by atoms with Gasteiger partial charge in [-0.25, -0.2) is 4.39 Å². The van der Waals surface area contributed by atoms with Crippen LogP contribution in [0.2, 0.25) is 0 Å². The number of hydrogen-bond acceptors (Lipinski definition) is 0. The Hall–Kier alpha value is -0.370. The summed E-state index contributed by atoms with van der Waals surface area (Å²) in [6.45, 7) is 0. The van der Waals surface area contributed by atoms with E-state index in [1.807, 2.05) is 18.2 Å². The van der Waals surface area contributed by atoms with Gasteiger partial charge in [0, 0.05) is 4.47 Å². The lowest BCUT2D eigenvalue weighted by Gasteiger charge is -2.19. The van der Waals surface area contributed by atoms with Gasteiger partial charge in [-0.2, -0.15) is 0 Å². The molecular formula is C10H10BrF. The second-order valence-electron chi connectivity index (χ2n) is 3.20. The molecule has 0 amide bonds. The summed E-state index contributed by atoms with van der Waals surface area (Å²) >= 11 is 3.39. The number of benzene rings is 1. The zero-order valence-corrected chi connectivity index (χ0v) is 8.27. The fourth-order valence-electron chi connectivity index (χ4n) is 1.72. The van der Waals surface area contributed by atoms with Gasteiger partial charge < -0.3 is 0 Å². The van der Waals surface area contributed by atoms with Crippen molar-refractivity contribution in [2.24, 2.45) is 0 Å². The first-order valence-corrected chi connectivity index (χ1v) is 4.99. The van der Waals surface area contributed by atoms with E-state index in [9.17, 15) is 4.39 Å². The van der Waals surface area contributed by atoms with Crippen molar-refractivity contribution in [2.45, 2.75) is 25.4 Å². The van der Waals surface area contributed by atoms with E-state index >= 15 is 0 Å². The molecule has 0 saturated heterocycles. The molecule has 0 N–H and O–H groups in total. The minimum atomic E-state index is -0.734. The largest absolute Gasteiger partial charge is 0.242 e. The van der Waals surface area contributed by atoms with Crippen LogP contribution in [-0.4, -0.2) is 0 Å². The van der Waals surface area contributed by atoms with Crippen molar-refractivity contribution in [3.8, 4) is 0 Å². The highest BCUT2D eigenvalue weighted by Gasteiger charge is 2.18. The molecule has 2 heteroatoms. The molecule has 0 nitrogen and oxygen atoms in total. The topological polar surface area (TPSA) is 0 Å². The van der Waals surface area contributed by atoms with E-state index in [1.54, 1.807) is 0 Å². The highest BCUT2D eigenvalue weighted by Crippen LogP contribution is 2.33. The van der Waals surface area contributed by atoms with Crippen LogP contribution in [0.4, 0.5) is 4.39 Å². The van der Waals surface area contributed by atoms with Crippen LogP contribution in [0.25, 0.3) is 0 Å². The highest BCUT2D eigenvalue weighted by molar-refractivity contribution is 9.10. The number of alkyl halides is 1. The van der Waals surface area contributed by atoms with Gasteiger partial charge in [0.05, 0.1) is 0 Å². The molecule has 1 aliphatic carbocycles. The summed E-state index contributed by atoms with van der Waals surface area (Å²) in [5.74, 6) is 0. The Morgan fingerprint density at radius 1 is 1.42 bits per heavy atom. The number of aryl methyl sites for hydroxylation is 1. The maximum Gasteiger partial charge on any atom is 0.125 e. The predicted molar refractivity (Wildman–Crippen MR) is 50.9 cm³/mol. The number of hydrogen-bond donors (Lipinski definition) is 0. The second kappa shape index (κ2) is 3.17. The van der Waals surface area contributed by atoms with Crippen LogP contribution in [0.3, 0.4) is 0 Å². The molecule has 1 atom stereocenters. The van der Waals surface area contributed by atoms with Gasteiger partial charge in [-0.05, 0) is 42.5 Å². The van der Waals surface area contributed by atoms with E-state index in [1.165, 1.54) is 5.56 Å². The summed E-state index contributed by atoms with van der Waals surface area (Å²) in [5.41, 5.74) is 2.06. The molecule has 0 aromatic heterocycles. The van der Waals surface area contributed by atoms with Crippen molar-refractivity contribution >= 4 is 15.9 Å². The molecule has 0 fully saturated rings. The highest BCUT2D eigenvalue weighted by atomic mass is 79.9. The van der Waals surface area contributed by atoms with Gasteiger partial charge in [0.25, 0.3) is 0 Å². The van der Waals surface area contributed by atoms with Crippen LogP contribution in [0, 0.1) is 0 Å². The van der Waals surface area contributed by atoms with Gasteiger partial charge in [-0.15, -0.1) is 0 Å². The third-order valence-electron chi connectivity index (χ3n) is 2.35. The average molecular weight is 229 g/mol. The molecule has 0 radical (unpaired) electrons. The Labute approximate surface area is 79.9 Å². The molecule has 1 unspecified atom stereocenters. The number of halogens is 2. The lowest BCUT2D eigenvalue weighted by molar-refractivity contribution is 0.302. The Balaban J connectivity index is 2.46. The Bertz CT molecular complexity index is 296. The molecule has 2 rings (SSSR count). The Kier molecular flexibility index (Phi) is 2.18. The standard InChI is InChI=1S/C10H10BrF/c11-8-4-5-9-7(6-8)2-1-3-10(9)12/h4-6,10H,1-3H2. The van der Waals surface area contributed by atoms with Crippen LogP contribution in [-0.2, 0) is 6.42 Å². The van der Waals surface area contributed by atoms with Crippen molar-refractivity contribution < 1.29 is 4.39 Å². The van der Waals surface area contributed by atoms with E-state index in [2.05, 4.69) is 15.9 Å². The molecule has 0 heterocycles. The SMILES string of the molecule is FC1CCCc2cc(Br)ccc21. The van der Waals surface area contributed by atoms with Crippen LogP contribution in [0.5, 0.6) is 0 Å². The van der Waals surface area contributed by atoms with Gasteiger partial charge in [-0.3, -0.25) is 0 Å². The second-order valence-corrected chi connectivity index (χ2v) is 4.12. The fraction of sp³-hybridized carbons (Fsp3) is 0.400. The zero-order valence-electron chi connectivity index (χ0n) is 6.69. The lowest BCUT2D eigenvalue weighted by Crippen LogP contribution is -2.05. The van der Waals surface area contributed by atoms with Gasteiger partial charge in [0.15, 0.2) is 0 Å². The minimum absolute atomic E-state index is 0.689. The van der Waals surface area contributed by atoms with Gasteiger partial charge in [-0.1, -0.05) is 22.0 Å². The third kappa shape index (κ3) is 1.40. The molecule has 12 heavy (non-hydrogen) atoms. The van der Waals surface area contributed by atoms with Gasteiger partial charge in [0.2, 0.25) is 0 Å². The molecule has 1 aromatic rings. The molecule has 1 aromatic carbocycles. The monoisotopic (exact) mass is 228 g/mol. The van der Waals surface area contributed by atoms with Crippen molar-refractivity contribution in [3.63, 3.8) is 0 Å². The van der Waals surface area contributed by atoms with Crippen LogP contribution in [0.15, 0.2) is 22.7 Å². The van der Waals surface area contributed by atoms with E-state index in [0.717, 1.165) is 22.9 Å². The Morgan fingerprint density at radius 3 is 3.08 bits per heavy atom. The van der Waals surface area contributed by atoms with E-state index in [0.29, 0.717) is 6.42 Å². The maximum absolute atomic E-state index is 13.3. The first kappa shape index (κ1) is 8.24. The number of fused-ring (bicyclic) bond motifs is 1. The molecule has 0 spiro atoms. The molecule has 0 bridgehead atoms. The third-order valence-corrected chi connectivity index (χ3v) is 2.84. The molecule has 1 aliphatic rings.